The fourth-order valence-corrected chi connectivity index (χ4v) is 3.86. The number of allylic oxidation sites excluding steroid dienone is 1. The quantitative estimate of drug-likeness (QED) is 0.424. The van der Waals surface area contributed by atoms with E-state index in [4.69, 9.17) is 10.5 Å². The zero-order chi connectivity index (χ0) is 25.0. The third kappa shape index (κ3) is 3.43. The Morgan fingerprint density at radius 1 is 0.971 bits per heavy atom. The van der Waals surface area contributed by atoms with E-state index in [0.717, 1.165) is 4.68 Å². The van der Waals surface area contributed by atoms with E-state index in [1.807, 2.05) is 0 Å². The number of hydrogen-bond donors (Lipinski definition) is 1. The zero-order valence-electron chi connectivity index (χ0n) is 17.5. The van der Waals surface area contributed by atoms with Gasteiger partial charge < -0.3 is 10.5 Å². The number of nitrogens with zero attached hydrogens (tertiary/aromatic N) is 5. The van der Waals surface area contributed by atoms with Crippen molar-refractivity contribution in [2.45, 2.75) is 18.0 Å². The SMILES string of the molecule is N#CC1=C(N)Oc2c(c(C(F)(F)C(F)(F)F)nn2-c2ccccc2)[C@H]1c1cnc2ccccc2n1. The number of ether oxygens (including phenoxy) is 1. The summed E-state index contributed by atoms with van der Waals surface area (Å²) in [7, 11) is 0. The molecule has 35 heavy (non-hydrogen) atoms. The van der Waals surface area contributed by atoms with Crippen LogP contribution in [0, 0.1) is 11.3 Å². The van der Waals surface area contributed by atoms with Crippen LogP contribution in [0.4, 0.5) is 22.0 Å². The smallest absolute Gasteiger partial charge is 0.422 e. The van der Waals surface area contributed by atoms with Gasteiger partial charge in [-0.1, -0.05) is 30.3 Å². The summed E-state index contributed by atoms with van der Waals surface area (Å²) in [4.78, 5) is 8.59. The van der Waals surface area contributed by atoms with Gasteiger partial charge in [0.05, 0.1) is 40.1 Å². The molecule has 5 rings (SSSR count). The van der Waals surface area contributed by atoms with Gasteiger partial charge in [-0.2, -0.15) is 37.0 Å². The minimum Gasteiger partial charge on any atom is -0.422 e. The van der Waals surface area contributed by atoms with Crippen LogP contribution in [0.15, 0.2) is 72.3 Å². The molecule has 0 bridgehead atoms. The molecule has 0 spiro atoms. The first-order valence-corrected chi connectivity index (χ1v) is 10.1. The summed E-state index contributed by atoms with van der Waals surface area (Å²) in [5.41, 5.74) is 4.11. The summed E-state index contributed by atoms with van der Waals surface area (Å²) < 4.78 is 76.5. The molecule has 7 nitrogen and oxygen atoms in total. The standard InChI is InChI=1S/C23H13F5N6O/c24-22(25,23(26,27)28)19-18-17(16-11-31-14-8-4-5-9-15(14)32-16)13(10-29)20(30)35-21(18)34(33-19)12-6-2-1-3-7-12/h1-9,11,17H,30H2/t17-/m1/s1. The van der Waals surface area contributed by atoms with Crippen LogP contribution < -0.4 is 10.5 Å². The second-order valence-corrected chi connectivity index (χ2v) is 7.60. The highest BCUT2D eigenvalue weighted by Crippen LogP contribution is 2.52. The number of aromatic nitrogens is 4. The van der Waals surface area contributed by atoms with Gasteiger partial charge in [0.15, 0.2) is 0 Å². The predicted octanol–water partition coefficient (Wildman–Crippen LogP) is 4.69. The first-order valence-electron chi connectivity index (χ1n) is 10.1. The van der Waals surface area contributed by atoms with Crippen molar-refractivity contribution in [3.63, 3.8) is 0 Å². The fourth-order valence-electron chi connectivity index (χ4n) is 3.86. The number of nitriles is 1. The van der Waals surface area contributed by atoms with Crippen LogP contribution in [0.3, 0.4) is 0 Å². The molecular weight excluding hydrogens is 471 g/mol. The molecule has 176 valence electrons. The average molecular weight is 484 g/mol. The van der Waals surface area contributed by atoms with E-state index in [2.05, 4.69) is 15.1 Å². The lowest BCUT2D eigenvalue weighted by atomic mass is 9.86. The maximum atomic E-state index is 14.8. The van der Waals surface area contributed by atoms with Crippen molar-refractivity contribution in [3.05, 3.63) is 89.2 Å². The summed E-state index contributed by atoms with van der Waals surface area (Å²) in [6.45, 7) is 0. The van der Waals surface area contributed by atoms with Crippen molar-refractivity contribution in [3.8, 4) is 17.6 Å². The summed E-state index contributed by atoms with van der Waals surface area (Å²) in [6, 6.07) is 15.9. The van der Waals surface area contributed by atoms with Crippen molar-refractivity contribution in [1.82, 2.24) is 19.7 Å². The van der Waals surface area contributed by atoms with Gasteiger partial charge >= 0.3 is 12.1 Å². The molecule has 0 amide bonds. The maximum Gasteiger partial charge on any atom is 0.459 e. The van der Waals surface area contributed by atoms with E-state index in [1.54, 1.807) is 48.5 Å². The van der Waals surface area contributed by atoms with Gasteiger partial charge in [-0.3, -0.25) is 4.98 Å². The molecule has 4 aromatic rings. The molecule has 1 atom stereocenters. The van der Waals surface area contributed by atoms with Crippen molar-refractivity contribution in [1.29, 1.82) is 5.26 Å². The number of alkyl halides is 5. The topological polar surface area (TPSA) is 103 Å². The van der Waals surface area contributed by atoms with Crippen LogP contribution in [0.1, 0.15) is 22.9 Å². The molecule has 2 N–H and O–H groups in total. The van der Waals surface area contributed by atoms with E-state index in [0.29, 0.717) is 11.0 Å². The lowest BCUT2D eigenvalue weighted by Gasteiger charge is -2.26. The van der Waals surface area contributed by atoms with Gasteiger partial charge in [-0.05, 0) is 24.3 Å². The van der Waals surface area contributed by atoms with E-state index in [-0.39, 0.29) is 11.4 Å². The molecule has 0 aliphatic carbocycles. The Kier molecular flexibility index (Phi) is 4.94. The Morgan fingerprint density at radius 3 is 2.29 bits per heavy atom. The van der Waals surface area contributed by atoms with Gasteiger partial charge in [-0.15, -0.1) is 0 Å². The number of benzene rings is 2. The van der Waals surface area contributed by atoms with E-state index in [1.165, 1.54) is 18.3 Å². The largest absolute Gasteiger partial charge is 0.459 e. The molecule has 12 heteroatoms. The maximum absolute atomic E-state index is 14.8. The molecule has 1 aliphatic rings. The Morgan fingerprint density at radius 2 is 1.63 bits per heavy atom. The number of rotatable bonds is 3. The highest BCUT2D eigenvalue weighted by molar-refractivity contribution is 5.74. The minimum absolute atomic E-state index is 0.0698. The van der Waals surface area contributed by atoms with Gasteiger partial charge in [0.1, 0.15) is 17.3 Å². The molecule has 0 radical (unpaired) electrons. The Labute approximate surface area is 193 Å². The van der Waals surface area contributed by atoms with Gasteiger partial charge in [0, 0.05) is 0 Å². The molecule has 0 saturated carbocycles. The van der Waals surface area contributed by atoms with Crippen LogP contribution >= 0.6 is 0 Å². The van der Waals surface area contributed by atoms with Crippen molar-refractivity contribution >= 4 is 11.0 Å². The lowest BCUT2D eigenvalue weighted by Crippen LogP contribution is -2.36. The molecule has 0 unspecified atom stereocenters. The molecular formula is C23H13F5N6O. The lowest BCUT2D eigenvalue weighted by molar-refractivity contribution is -0.291. The normalized spacial score (nSPS) is 16.1. The predicted molar refractivity (Wildman–Crippen MR) is 112 cm³/mol. The molecule has 2 aromatic carbocycles. The zero-order valence-corrected chi connectivity index (χ0v) is 17.5. The van der Waals surface area contributed by atoms with Crippen molar-refractivity contribution in [2.24, 2.45) is 5.73 Å². The van der Waals surface area contributed by atoms with E-state index in [9.17, 15) is 27.2 Å². The number of para-hydroxylation sites is 3. The number of halogens is 5. The van der Waals surface area contributed by atoms with Crippen LogP contribution in [0.25, 0.3) is 16.7 Å². The summed E-state index contributed by atoms with van der Waals surface area (Å²) >= 11 is 0. The molecule has 0 fully saturated rings. The monoisotopic (exact) mass is 484 g/mol. The van der Waals surface area contributed by atoms with E-state index >= 15 is 0 Å². The number of hydrogen-bond acceptors (Lipinski definition) is 6. The van der Waals surface area contributed by atoms with E-state index < -0.39 is 46.6 Å². The minimum atomic E-state index is -5.98. The Balaban J connectivity index is 1.85. The van der Waals surface area contributed by atoms with Crippen LogP contribution in [0.5, 0.6) is 5.88 Å². The number of fused-ring (bicyclic) bond motifs is 2. The van der Waals surface area contributed by atoms with Crippen LogP contribution in [-0.4, -0.2) is 25.9 Å². The van der Waals surface area contributed by atoms with Gasteiger partial charge in [0.2, 0.25) is 11.8 Å². The van der Waals surface area contributed by atoms with Gasteiger partial charge in [0.25, 0.3) is 0 Å². The second kappa shape index (κ2) is 7.76. The van der Waals surface area contributed by atoms with Crippen LogP contribution in [-0.2, 0) is 5.92 Å². The summed E-state index contributed by atoms with van der Waals surface area (Å²) in [6.07, 6.45) is -4.78. The summed E-state index contributed by atoms with van der Waals surface area (Å²) in [5.74, 6) is -7.87. The first-order chi connectivity index (χ1) is 16.6. The third-order valence-corrected chi connectivity index (χ3v) is 5.46. The Hall–Kier alpha value is -4.53. The Bertz CT molecular complexity index is 1520. The highest BCUT2D eigenvalue weighted by atomic mass is 19.4. The third-order valence-electron chi connectivity index (χ3n) is 5.46. The highest BCUT2D eigenvalue weighted by Gasteiger charge is 2.63. The fraction of sp³-hybridized carbons (Fsp3) is 0.130. The second-order valence-electron chi connectivity index (χ2n) is 7.60. The van der Waals surface area contributed by atoms with Crippen LogP contribution in [0.2, 0.25) is 0 Å². The average Bonchev–Trinajstić information content (AvgIpc) is 3.22. The first kappa shape index (κ1) is 22.3. The number of nitrogens with two attached hydrogens (primary N) is 1. The van der Waals surface area contributed by atoms with Crippen molar-refractivity contribution in [2.75, 3.05) is 0 Å². The molecule has 3 heterocycles. The molecule has 0 saturated heterocycles. The summed E-state index contributed by atoms with van der Waals surface area (Å²) in [5, 5.41) is 13.4. The van der Waals surface area contributed by atoms with Gasteiger partial charge in [-0.25, -0.2) is 4.98 Å². The molecule has 2 aromatic heterocycles. The van der Waals surface area contributed by atoms with Crippen molar-refractivity contribution < 1.29 is 26.7 Å². The molecule has 1 aliphatic heterocycles.